The molecule has 68 heavy (non-hydrogen) atoms. The molecule has 0 saturated carbocycles. The molecular weight excluding hydrogens is 829 g/mol. The van der Waals surface area contributed by atoms with Crippen molar-refractivity contribution in [1.82, 2.24) is 0 Å². The lowest BCUT2D eigenvalue weighted by Crippen LogP contribution is -2.34. The molecule has 0 N–H and O–H groups in total. The van der Waals surface area contributed by atoms with Crippen LogP contribution in [0.25, 0.3) is 0 Å². The van der Waals surface area contributed by atoms with E-state index in [4.69, 9.17) is 0 Å². The summed E-state index contributed by atoms with van der Waals surface area (Å²) in [6, 6.07) is 0. The zero-order chi connectivity index (χ0) is 49.5. The first-order valence-electron chi connectivity index (χ1n) is 31.0. The SMILES string of the molecule is CCCCCCCC/C=C\CCCCCCCCCCCC(=O)C(C(=O)CCCCCCCCCCC/C=C\CCCCCCCC)C(C)C(=O)CCCCCCC/C=C\CCCCCCCC. The highest BCUT2D eigenvalue weighted by atomic mass is 16.2. The lowest BCUT2D eigenvalue weighted by Gasteiger charge is -2.21. The molecule has 0 saturated heterocycles. The lowest BCUT2D eigenvalue weighted by atomic mass is 9.79. The van der Waals surface area contributed by atoms with Crippen LogP contribution in [-0.2, 0) is 14.4 Å². The lowest BCUT2D eigenvalue weighted by molar-refractivity contribution is -0.140. The van der Waals surface area contributed by atoms with Crippen LogP contribution in [0.15, 0.2) is 36.5 Å². The third kappa shape index (κ3) is 47.9. The number of unbranched alkanes of at least 4 members (excludes halogenated alkanes) is 41. The van der Waals surface area contributed by atoms with Crippen molar-refractivity contribution < 1.29 is 14.4 Å². The molecule has 0 radical (unpaired) electrons. The Kier molecular flexibility index (Phi) is 54.7. The summed E-state index contributed by atoms with van der Waals surface area (Å²) in [6.07, 6.45) is 75.0. The molecule has 0 aromatic rings. The van der Waals surface area contributed by atoms with Crippen LogP contribution >= 0.6 is 0 Å². The minimum Gasteiger partial charge on any atom is -0.299 e. The quantitative estimate of drug-likeness (QED) is 0.0347. The van der Waals surface area contributed by atoms with Gasteiger partial charge in [-0.15, -0.1) is 0 Å². The Labute approximate surface area is 427 Å². The Morgan fingerprint density at radius 1 is 0.250 bits per heavy atom. The van der Waals surface area contributed by atoms with Crippen molar-refractivity contribution in [2.75, 3.05) is 0 Å². The van der Waals surface area contributed by atoms with E-state index in [1.54, 1.807) is 0 Å². The molecule has 0 fully saturated rings. The van der Waals surface area contributed by atoms with Gasteiger partial charge in [0.2, 0.25) is 0 Å². The molecule has 0 aliphatic heterocycles. The largest absolute Gasteiger partial charge is 0.299 e. The van der Waals surface area contributed by atoms with E-state index in [9.17, 15) is 14.4 Å². The number of ketones is 3. The predicted molar refractivity (Wildman–Crippen MR) is 303 cm³/mol. The second-order valence-corrected chi connectivity index (χ2v) is 21.5. The van der Waals surface area contributed by atoms with E-state index in [2.05, 4.69) is 57.2 Å². The van der Waals surface area contributed by atoms with E-state index in [1.165, 1.54) is 238 Å². The van der Waals surface area contributed by atoms with Crippen molar-refractivity contribution in [3.8, 4) is 0 Å². The van der Waals surface area contributed by atoms with Crippen molar-refractivity contribution in [3.05, 3.63) is 36.5 Å². The van der Waals surface area contributed by atoms with Crippen molar-refractivity contribution in [1.29, 1.82) is 0 Å². The summed E-state index contributed by atoms with van der Waals surface area (Å²) < 4.78 is 0. The highest BCUT2D eigenvalue weighted by molar-refractivity contribution is 6.06. The van der Waals surface area contributed by atoms with Crippen molar-refractivity contribution in [3.63, 3.8) is 0 Å². The summed E-state index contributed by atoms with van der Waals surface area (Å²) in [6.45, 7) is 8.73. The highest BCUT2D eigenvalue weighted by Crippen LogP contribution is 2.25. The van der Waals surface area contributed by atoms with Crippen LogP contribution in [0, 0.1) is 11.8 Å². The molecule has 0 aliphatic carbocycles. The Bertz CT molecular complexity index is 1090. The van der Waals surface area contributed by atoms with Crippen LogP contribution in [0.3, 0.4) is 0 Å². The summed E-state index contributed by atoms with van der Waals surface area (Å²) in [5.41, 5.74) is 0. The van der Waals surface area contributed by atoms with E-state index in [1.807, 2.05) is 6.92 Å². The van der Waals surface area contributed by atoms with Gasteiger partial charge in [-0.1, -0.05) is 270 Å². The molecule has 1 atom stereocenters. The molecule has 3 heteroatoms. The van der Waals surface area contributed by atoms with Crippen molar-refractivity contribution in [2.45, 2.75) is 349 Å². The van der Waals surface area contributed by atoms with Gasteiger partial charge in [0.1, 0.15) is 17.3 Å². The van der Waals surface area contributed by atoms with E-state index < -0.39 is 11.8 Å². The summed E-state index contributed by atoms with van der Waals surface area (Å²) in [5, 5.41) is 0. The number of Topliss-reactive ketones (excluding diaryl/α,β-unsaturated/α-hetero) is 3. The van der Waals surface area contributed by atoms with Gasteiger partial charge in [-0.2, -0.15) is 0 Å². The zero-order valence-electron chi connectivity index (χ0n) is 46.7. The fraction of sp³-hybridized carbons (Fsp3) is 0.862. The Morgan fingerprint density at radius 2 is 0.426 bits per heavy atom. The third-order valence-corrected chi connectivity index (χ3v) is 14.8. The fourth-order valence-corrected chi connectivity index (χ4v) is 9.99. The molecule has 0 aliphatic rings. The monoisotopic (exact) mass is 949 g/mol. The standard InChI is InChI=1S/C65H120O3/c1-5-8-11-14-17-20-23-26-29-31-33-35-38-41-44-47-50-53-56-59-63(67)65(61(4)62(66)58-55-52-49-46-43-40-37-28-25-22-19-16-13-10-7-3)64(68)60-57-54-51-48-45-42-39-36-34-32-30-27-24-21-18-15-12-9-6-2/h26-30,37,61,65H,5-25,31-36,38-60H2,1-4H3/b29-26-,30-27-,37-28-. The second kappa shape index (κ2) is 56.1. The molecule has 0 amide bonds. The van der Waals surface area contributed by atoms with E-state index >= 15 is 0 Å². The number of carbonyl (C=O) groups excluding carboxylic acids is 3. The van der Waals surface area contributed by atoms with Crippen LogP contribution in [0.4, 0.5) is 0 Å². The van der Waals surface area contributed by atoms with Gasteiger partial charge in [0.05, 0.1) is 5.92 Å². The second-order valence-electron chi connectivity index (χ2n) is 21.5. The average Bonchev–Trinajstić information content (AvgIpc) is 3.34. The average molecular weight is 950 g/mol. The maximum absolute atomic E-state index is 13.7. The van der Waals surface area contributed by atoms with Gasteiger partial charge in [-0.05, 0) is 96.3 Å². The molecule has 0 bridgehead atoms. The predicted octanol–water partition coefficient (Wildman–Crippen LogP) is 22.2. The molecule has 0 rings (SSSR count). The van der Waals surface area contributed by atoms with Crippen molar-refractivity contribution >= 4 is 17.3 Å². The first kappa shape index (κ1) is 66.2. The number of hydrogen-bond donors (Lipinski definition) is 0. The van der Waals surface area contributed by atoms with Crippen LogP contribution in [-0.4, -0.2) is 17.3 Å². The minimum atomic E-state index is -0.735. The highest BCUT2D eigenvalue weighted by Gasteiger charge is 2.34. The molecular formula is C65H120O3. The van der Waals surface area contributed by atoms with Gasteiger partial charge < -0.3 is 0 Å². The van der Waals surface area contributed by atoms with Crippen LogP contribution < -0.4 is 0 Å². The first-order valence-corrected chi connectivity index (χ1v) is 31.0. The Hall–Kier alpha value is -1.77. The van der Waals surface area contributed by atoms with E-state index in [0.717, 1.165) is 64.2 Å². The Morgan fingerprint density at radius 3 is 0.647 bits per heavy atom. The summed E-state index contributed by atoms with van der Waals surface area (Å²) >= 11 is 0. The van der Waals surface area contributed by atoms with Gasteiger partial charge >= 0.3 is 0 Å². The smallest absolute Gasteiger partial charge is 0.144 e. The maximum Gasteiger partial charge on any atom is 0.144 e. The summed E-state index contributed by atoms with van der Waals surface area (Å²) in [4.78, 5) is 41.0. The molecule has 0 aromatic carbocycles. The number of rotatable bonds is 57. The molecule has 0 aromatic heterocycles. The minimum absolute atomic E-state index is 0.0368. The molecule has 0 heterocycles. The topological polar surface area (TPSA) is 51.2 Å². The molecule has 3 nitrogen and oxygen atoms in total. The number of carbonyl (C=O) groups is 3. The van der Waals surface area contributed by atoms with Gasteiger partial charge in [0, 0.05) is 25.2 Å². The number of allylic oxidation sites excluding steroid dienone is 6. The molecule has 398 valence electrons. The van der Waals surface area contributed by atoms with Crippen LogP contribution in [0.5, 0.6) is 0 Å². The van der Waals surface area contributed by atoms with Gasteiger partial charge in [-0.3, -0.25) is 14.4 Å². The fourth-order valence-electron chi connectivity index (χ4n) is 9.99. The number of hydrogen-bond acceptors (Lipinski definition) is 3. The maximum atomic E-state index is 13.7. The molecule has 0 spiro atoms. The summed E-state index contributed by atoms with van der Waals surface area (Å²) in [7, 11) is 0. The zero-order valence-corrected chi connectivity index (χ0v) is 46.7. The Balaban J connectivity index is 4.50. The van der Waals surface area contributed by atoms with Crippen LogP contribution in [0.1, 0.15) is 349 Å². The first-order chi connectivity index (χ1) is 33.5. The van der Waals surface area contributed by atoms with E-state index in [0.29, 0.717) is 19.3 Å². The normalized spacial score (nSPS) is 12.5. The van der Waals surface area contributed by atoms with Crippen LogP contribution in [0.2, 0.25) is 0 Å². The van der Waals surface area contributed by atoms with Gasteiger partial charge in [-0.25, -0.2) is 0 Å². The van der Waals surface area contributed by atoms with Gasteiger partial charge in [0.15, 0.2) is 0 Å². The summed E-state index contributed by atoms with van der Waals surface area (Å²) in [5.74, 6) is -1.02. The van der Waals surface area contributed by atoms with E-state index in [-0.39, 0.29) is 17.3 Å². The van der Waals surface area contributed by atoms with Crippen molar-refractivity contribution in [2.24, 2.45) is 11.8 Å². The van der Waals surface area contributed by atoms with Gasteiger partial charge in [0.25, 0.3) is 0 Å². The third-order valence-electron chi connectivity index (χ3n) is 14.8. The molecule has 1 unspecified atom stereocenters.